The van der Waals surface area contributed by atoms with Crippen molar-refractivity contribution in [2.45, 2.75) is 34.1 Å². The van der Waals surface area contributed by atoms with Crippen molar-refractivity contribution in [3.63, 3.8) is 0 Å². The van der Waals surface area contributed by atoms with Crippen LogP contribution in [-0.4, -0.2) is 24.7 Å². The van der Waals surface area contributed by atoms with E-state index in [0.717, 1.165) is 11.1 Å². The fraction of sp³-hybridized carbons (Fsp3) is 0.391. The van der Waals surface area contributed by atoms with Gasteiger partial charge in [0.2, 0.25) is 0 Å². The zero-order chi connectivity index (χ0) is 19.2. The Morgan fingerprint density at radius 1 is 0.846 bits per heavy atom. The third-order valence-corrected chi connectivity index (χ3v) is 5.00. The summed E-state index contributed by atoms with van der Waals surface area (Å²) in [6, 6.07) is 0. The third-order valence-electron chi connectivity index (χ3n) is 5.00. The van der Waals surface area contributed by atoms with Gasteiger partial charge in [0.25, 0.3) is 0 Å². The van der Waals surface area contributed by atoms with E-state index in [1.807, 2.05) is 88.5 Å². The molecule has 1 N–H and O–H groups in total. The van der Waals surface area contributed by atoms with Gasteiger partial charge in [0.15, 0.2) is 5.78 Å². The molecular formula is C23H29NO2. The molecule has 0 amide bonds. The molecule has 2 rings (SSSR count). The second kappa shape index (κ2) is 8.41. The lowest BCUT2D eigenvalue weighted by molar-refractivity contribution is -0.125. The van der Waals surface area contributed by atoms with Gasteiger partial charge in [0.1, 0.15) is 5.78 Å². The Kier molecular flexibility index (Phi) is 6.49. The average Bonchev–Trinajstić information content (AvgIpc) is 2.89. The Morgan fingerprint density at radius 3 is 1.88 bits per heavy atom. The van der Waals surface area contributed by atoms with Crippen LogP contribution in [0, 0.1) is 10.8 Å². The molecule has 2 unspecified atom stereocenters. The van der Waals surface area contributed by atoms with Gasteiger partial charge < -0.3 is 5.32 Å². The Labute approximate surface area is 156 Å². The molecule has 0 fully saturated rings. The number of hydrogen-bond donors (Lipinski definition) is 1. The summed E-state index contributed by atoms with van der Waals surface area (Å²) in [7, 11) is 0. The van der Waals surface area contributed by atoms with Crippen LogP contribution in [0.3, 0.4) is 0 Å². The number of carbonyl (C=O) groups excluding carboxylic acids is 2. The summed E-state index contributed by atoms with van der Waals surface area (Å²) in [6.07, 6.45) is 20.0. The van der Waals surface area contributed by atoms with Crippen molar-refractivity contribution in [3.8, 4) is 0 Å². The van der Waals surface area contributed by atoms with E-state index >= 15 is 0 Å². The maximum Gasteiger partial charge on any atom is 0.160 e. The first kappa shape index (κ1) is 20.1. The molecule has 0 saturated heterocycles. The van der Waals surface area contributed by atoms with Crippen molar-refractivity contribution < 1.29 is 9.59 Å². The molecule has 0 aromatic heterocycles. The van der Waals surface area contributed by atoms with Gasteiger partial charge in [-0.2, -0.15) is 0 Å². The van der Waals surface area contributed by atoms with Crippen LogP contribution in [0.25, 0.3) is 0 Å². The summed E-state index contributed by atoms with van der Waals surface area (Å²) >= 11 is 0. The predicted octanol–water partition coefficient (Wildman–Crippen LogP) is 4.26. The highest BCUT2D eigenvalue weighted by Crippen LogP contribution is 2.27. The number of hydrogen-bond acceptors (Lipinski definition) is 3. The van der Waals surface area contributed by atoms with Crippen LogP contribution in [0.5, 0.6) is 0 Å². The van der Waals surface area contributed by atoms with E-state index in [4.69, 9.17) is 0 Å². The molecular weight excluding hydrogens is 322 g/mol. The van der Waals surface area contributed by atoms with Gasteiger partial charge in [-0.15, -0.1) is 0 Å². The van der Waals surface area contributed by atoms with Gasteiger partial charge in [0, 0.05) is 13.0 Å². The second-order valence-electron chi connectivity index (χ2n) is 7.54. The van der Waals surface area contributed by atoms with E-state index in [1.54, 1.807) is 0 Å². The zero-order valence-corrected chi connectivity index (χ0v) is 16.2. The first-order valence-electron chi connectivity index (χ1n) is 9.13. The van der Waals surface area contributed by atoms with Gasteiger partial charge in [0.05, 0.1) is 17.4 Å². The molecule has 0 heterocycles. The minimum absolute atomic E-state index is 0.0980. The van der Waals surface area contributed by atoms with E-state index in [0.29, 0.717) is 13.0 Å². The second-order valence-corrected chi connectivity index (χ2v) is 7.54. The molecule has 2 aliphatic rings. The molecule has 3 heteroatoms. The number of nitrogens with one attached hydrogen (secondary N) is 1. The van der Waals surface area contributed by atoms with Crippen LogP contribution in [0.4, 0.5) is 0 Å². The summed E-state index contributed by atoms with van der Waals surface area (Å²) in [4.78, 5) is 25.2. The number of allylic oxidation sites excluding steroid dienone is 12. The highest BCUT2D eigenvalue weighted by Gasteiger charge is 2.29. The van der Waals surface area contributed by atoms with Crippen LogP contribution in [0.2, 0.25) is 0 Å². The topological polar surface area (TPSA) is 46.2 Å². The fourth-order valence-electron chi connectivity index (χ4n) is 2.87. The minimum atomic E-state index is -0.604. The number of carbonyl (C=O) groups is 2. The Morgan fingerprint density at radius 2 is 1.35 bits per heavy atom. The Bertz CT molecular complexity index is 684. The molecule has 0 aliphatic heterocycles. The normalized spacial score (nSPS) is 27.5. The third kappa shape index (κ3) is 5.12. The SMILES string of the molecule is CC1=CC=CC(C)(C(=O)CCNCC(=O)C2(C)C=CC=C(C)C=C2)C=C1. The molecule has 0 spiro atoms. The lowest BCUT2D eigenvalue weighted by Gasteiger charge is -2.21. The lowest BCUT2D eigenvalue weighted by atomic mass is 9.83. The maximum absolute atomic E-state index is 12.6. The number of ketones is 2. The molecule has 2 aliphatic carbocycles. The quantitative estimate of drug-likeness (QED) is 0.697. The fourth-order valence-corrected chi connectivity index (χ4v) is 2.87. The molecule has 26 heavy (non-hydrogen) atoms. The average molecular weight is 351 g/mol. The first-order chi connectivity index (χ1) is 12.3. The first-order valence-corrected chi connectivity index (χ1v) is 9.13. The van der Waals surface area contributed by atoms with E-state index < -0.39 is 10.8 Å². The van der Waals surface area contributed by atoms with Crippen LogP contribution >= 0.6 is 0 Å². The van der Waals surface area contributed by atoms with Crippen molar-refractivity contribution in [2.75, 3.05) is 13.1 Å². The molecule has 0 saturated carbocycles. The van der Waals surface area contributed by atoms with Gasteiger partial charge in [-0.3, -0.25) is 9.59 Å². The highest BCUT2D eigenvalue weighted by atomic mass is 16.1. The van der Waals surface area contributed by atoms with Gasteiger partial charge in [-0.1, -0.05) is 71.9 Å². The molecule has 138 valence electrons. The summed E-state index contributed by atoms with van der Waals surface area (Å²) in [5.74, 6) is 0.245. The smallest absolute Gasteiger partial charge is 0.160 e. The summed E-state index contributed by atoms with van der Waals surface area (Å²) < 4.78 is 0. The van der Waals surface area contributed by atoms with Crippen LogP contribution in [0.15, 0.2) is 71.9 Å². The minimum Gasteiger partial charge on any atom is -0.310 e. The summed E-state index contributed by atoms with van der Waals surface area (Å²) in [5.41, 5.74) is 1.07. The van der Waals surface area contributed by atoms with E-state index in [9.17, 15) is 9.59 Å². The van der Waals surface area contributed by atoms with E-state index in [-0.39, 0.29) is 18.1 Å². The number of rotatable bonds is 7. The molecule has 2 atom stereocenters. The predicted molar refractivity (Wildman–Crippen MR) is 108 cm³/mol. The van der Waals surface area contributed by atoms with Gasteiger partial charge >= 0.3 is 0 Å². The monoisotopic (exact) mass is 351 g/mol. The van der Waals surface area contributed by atoms with E-state index in [1.165, 1.54) is 0 Å². The Balaban J connectivity index is 1.83. The molecule has 3 nitrogen and oxygen atoms in total. The largest absolute Gasteiger partial charge is 0.310 e. The Hall–Kier alpha value is -2.26. The zero-order valence-electron chi connectivity index (χ0n) is 16.2. The maximum atomic E-state index is 12.6. The lowest BCUT2D eigenvalue weighted by Crippen LogP contribution is -2.35. The molecule has 0 radical (unpaired) electrons. The summed E-state index contributed by atoms with van der Waals surface area (Å²) in [5, 5.41) is 3.13. The highest BCUT2D eigenvalue weighted by molar-refractivity contribution is 5.91. The molecule has 0 bridgehead atoms. The van der Waals surface area contributed by atoms with Crippen molar-refractivity contribution in [1.29, 1.82) is 0 Å². The number of Topliss-reactive ketones (excluding diaryl/α,β-unsaturated/α-hetero) is 2. The van der Waals surface area contributed by atoms with Crippen molar-refractivity contribution >= 4 is 11.6 Å². The standard InChI is InChI=1S/C23H29NO2/c1-18-7-5-12-22(3,14-9-18)20(25)11-16-24-17-21(26)23(4)13-6-8-19(2)10-15-23/h5-10,12-15,24H,11,16-17H2,1-4H3. The van der Waals surface area contributed by atoms with Crippen molar-refractivity contribution in [1.82, 2.24) is 5.32 Å². The van der Waals surface area contributed by atoms with Crippen molar-refractivity contribution in [3.05, 3.63) is 71.9 Å². The van der Waals surface area contributed by atoms with Crippen LogP contribution in [-0.2, 0) is 9.59 Å². The molecule has 0 aromatic carbocycles. The molecule has 0 aromatic rings. The van der Waals surface area contributed by atoms with Crippen LogP contribution < -0.4 is 5.32 Å². The van der Waals surface area contributed by atoms with Crippen molar-refractivity contribution in [2.24, 2.45) is 10.8 Å². The van der Waals surface area contributed by atoms with Gasteiger partial charge in [-0.05, 0) is 27.7 Å². The summed E-state index contributed by atoms with van der Waals surface area (Å²) in [6.45, 7) is 8.61. The van der Waals surface area contributed by atoms with Crippen LogP contribution in [0.1, 0.15) is 34.1 Å². The van der Waals surface area contributed by atoms with E-state index in [2.05, 4.69) is 5.32 Å². The van der Waals surface area contributed by atoms with Gasteiger partial charge in [-0.25, -0.2) is 0 Å².